The first-order valence-electron chi connectivity index (χ1n) is 9.59. The highest BCUT2D eigenvalue weighted by molar-refractivity contribution is 7.98. The maximum atomic E-state index is 13.4. The topological polar surface area (TPSA) is 68.8 Å². The Morgan fingerprint density at radius 3 is 2.39 bits per heavy atom. The van der Waals surface area contributed by atoms with Crippen LogP contribution in [0.1, 0.15) is 29.0 Å². The van der Waals surface area contributed by atoms with Gasteiger partial charge in [-0.25, -0.2) is 19.0 Å². The summed E-state index contributed by atoms with van der Waals surface area (Å²) in [6.07, 6.45) is 6.57. The Balaban J connectivity index is 1.61. The molecule has 9 heteroatoms. The molecule has 0 N–H and O–H groups in total. The van der Waals surface area contributed by atoms with E-state index in [1.807, 2.05) is 37.4 Å². The van der Waals surface area contributed by atoms with Crippen molar-refractivity contribution < 1.29 is 9.18 Å². The summed E-state index contributed by atoms with van der Waals surface area (Å²) in [4.78, 5) is 23.4. The lowest BCUT2D eigenvalue weighted by molar-refractivity contribution is 0.0734. The first kappa shape index (κ1) is 20.8. The highest BCUT2D eigenvalue weighted by atomic mass is 32.2. The molecule has 0 spiro atoms. The minimum atomic E-state index is -0.331. The molecule has 0 aliphatic heterocycles. The van der Waals surface area contributed by atoms with Gasteiger partial charge in [0.15, 0.2) is 5.16 Å². The molecule has 2 aromatic carbocycles. The van der Waals surface area contributed by atoms with Crippen molar-refractivity contribution in [1.29, 1.82) is 0 Å². The third kappa shape index (κ3) is 4.09. The number of imidazole rings is 1. The zero-order chi connectivity index (χ0) is 22.0. The van der Waals surface area contributed by atoms with E-state index < -0.39 is 0 Å². The molecule has 0 fully saturated rings. The zero-order valence-electron chi connectivity index (χ0n) is 17.3. The van der Waals surface area contributed by atoms with Crippen molar-refractivity contribution in [3.05, 3.63) is 84.5 Å². The molecule has 0 bridgehead atoms. The lowest BCUT2D eigenvalue weighted by Crippen LogP contribution is -2.31. The first-order chi connectivity index (χ1) is 15.0. The van der Waals surface area contributed by atoms with Crippen molar-refractivity contribution in [3.8, 4) is 11.4 Å². The van der Waals surface area contributed by atoms with Crippen LogP contribution < -0.4 is 0 Å². The van der Waals surface area contributed by atoms with Crippen molar-refractivity contribution >= 4 is 17.7 Å². The first-order valence-corrected chi connectivity index (χ1v) is 10.8. The number of aromatic nitrogens is 5. The highest BCUT2D eigenvalue weighted by Crippen LogP contribution is 2.26. The average Bonchev–Trinajstić information content (AvgIpc) is 3.48. The predicted octanol–water partition coefficient (Wildman–Crippen LogP) is 4.15. The van der Waals surface area contributed by atoms with E-state index >= 15 is 0 Å². The second-order valence-electron chi connectivity index (χ2n) is 6.97. The summed E-state index contributed by atoms with van der Waals surface area (Å²) in [5.41, 5.74) is 2.98. The van der Waals surface area contributed by atoms with Gasteiger partial charge in [-0.15, -0.1) is 0 Å². The van der Waals surface area contributed by atoms with Crippen LogP contribution in [0.25, 0.3) is 11.4 Å². The van der Waals surface area contributed by atoms with Gasteiger partial charge in [-0.3, -0.25) is 9.36 Å². The van der Waals surface area contributed by atoms with Gasteiger partial charge in [0.1, 0.15) is 24.2 Å². The van der Waals surface area contributed by atoms with Crippen LogP contribution in [0.4, 0.5) is 4.39 Å². The normalized spacial score (nSPS) is 12.0. The van der Waals surface area contributed by atoms with E-state index in [9.17, 15) is 9.18 Å². The van der Waals surface area contributed by atoms with Gasteiger partial charge in [-0.05, 0) is 55.1 Å². The second-order valence-corrected chi connectivity index (χ2v) is 7.74. The SMILES string of the molecule is CSc1ncc(C(=O)N(C)C(C)c2ccc(-n3cncn3)cc2)n1-c1ccc(F)cc1. The number of halogens is 1. The molecule has 158 valence electrons. The fourth-order valence-electron chi connectivity index (χ4n) is 3.30. The minimum absolute atomic E-state index is 0.174. The quantitative estimate of drug-likeness (QED) is 0.425. The number of hydrogen-bond donors (Lipinski definition) is 0. The van der Waals surface area contributed by atoms with Crippen molar-refractivity contribution in [2.24, 2.45) is 0 Å². The van der Waals surface area contributed by atoms with Crippen molar-refractivity contribution in [2.45, 2.75) is 18.1 Å². The van der Waals surface area contributed by atoms with Crippen molar-refractivity contribution in [1.82, 2.24) is 29.2 Å². The minimum Gasteiger partial charge on any atom is -0.334 e. The van der Waals surface area contributed by atoms with Gasteiger partial charge in [0, 0.05) is 12.7 Å². The number of hydrogen-bond acceptors (Lipinski definition) is 5. The molecule has 1 atom stereocenters. The van der Waals surface area contributed by atoms with Crippen LogP contribution in [-0.4, -0.2) is 48.4 Å². The molecule has 1 unspecified atom stereocenters. The van der Waals surface area contributed by atoms with E-state index in [-0.39, 0.29) is 17.8 Å². The molecular formula is C22H21FN6OS. The van der Waals surface area contributed by atoms with E-state index in [0.29, 0.717) is 16.5 Å². The van der Waals surface area contributed by atoms with Gasteiger partial charge < -0.3 is 4.90 Å². The summed E-state index contributed by atoms with van der Waals surface area (Å²) in [6.45, 7) is 1.97. The molecule has 0 aliphatic rings. The van der Waals surface area contributed by atoms with Crippen LogP contribution in [-0.2, 0) is 0 Å². The predicted molar refractivity (Wildman–Crippen MR) is 117 cm³/mol. The fraction of sp³-hybridized carbons (Fsp3) is 0.182. The maximum Gasteiger partial charge on any atom is 0.272 e. The number of amides is 1. The summed E-state index contributed by atoms with van der Waals surface area (Å²) >= 11 is 1.42. The van der Waals surface area contributed by atoms with Crippen LogP contribution in [0.15, 0.2) is 72.5 Å². The van der Waals surface area contributed by atoms with E-state index in [1.165, 1.54) is 30.2 Å². The number of benzene rings is 2. The third-order valence-corrected chi connectivity index (χ3v) is 5.83. The van der Waals surface area contributed by atoms with Crippen LogP contribution in [0.3, 0.4) is 0 Å². The third-order valence-electron chi connectivity index (χ3n) is 5.18. The fourth-order valence-corrected chi connectivity index (χ4v) is 3.84. The molecule has 0 saturated heterocycles. The zero-order valence-corrected chi connectivity index (χ0v) is 18.1. The number of thioether (sulfide) groups is 1. The van der Waals surface area contributed by atoms with Gasteiger partial charge in [0.25, 0.3) is 5.91 Å². The molecule has 0 radical (unpaired) electrons. The Morgan fingerprint density at radius 2 is 1.77 bits per heavy atom. The van der Waals surface area contributed by atoms with E-state index in [4.69, 9.17) is 0 Å². The Hall–Kier alpha value is -3.46. The summed E-state index contributed by atoms with van der Waals surface area (Å²) in [5, 5.41) is 4.78. The van der Waals surface area contributed by atoms with Gasteiger partial charge in [0.2, 0.25) is 0 Å². The molecule has 4 rings (SSSR count). The summed E-state index contributed by atoms with van der Waals surface area (Å²) in [5.74, 6) is -0.507. The Bertz CT molecular complexity index is 1170. The number of carbonyl (C=O) groups is 1. The second kappa shape index (κ2) is 8.73. The van der Waals surface area contributed by atoms with Crippen LogP contribution in [0, 0.1) is 5.82 Å². The molecule has 2 aromatic heterocycles. The summed E-state index contributed by atoms with van der Waals surface area (Å²) in [6, 6.07) is 13.7. The lowest BCUT2D eigenvalue weighted by Gasteiger charge is -2.26. The highest BCUT2D eigenvalue weighted by Gasteiger charge is 2.24. The molecule has 31 heavy (non-hydrogen) atoms. The summed E-state index contributed by atoms with van der Waals surface area (Å²) < 4.78 is 16.8. The molecule has 0 saturated carbocycles. The Labute approximate surface area is 183 Å². The van der Waals surface area contributed by atoms with Crippen molar-refractivity contribution in [2.75, 3.05) is 13.3 Å². The van der Waals surface area contributed by atoms with Gasteiger partial charge in [-0.1, -0.05) is 23.9 Å². The van der Waals surface area contributed by atoms with Gasteiger partial charge in [-0.2, -0.15) is 5.10 Å². The lowest BCUT2D eigenvalue weighted by atomic mass is 10.1. The molecular weight excluding hydrogens is 415 g/mol. The van der Waals surface area contributed by atoms with E-state index in [2.05, 4.69) is 15.1 Å². The number of carbonyl (C=O) groups excluding carboxylic acids is 1. The molecule has 7 nitrogen and oxygen atoms in total. The van der Waals surface area contributed by atoms with E-state index in [0.717, 1.165) is 11.3 Å². The Morgan fingerprint density at radius 1 is 1.10 bits per heavy atom. The monoisotopic (exact) mass is 436 g/mol. The average molecular weight is 437 g/mol. The standard InChI is InChI=1S/C22H21FN6OS/c1-15(16-4-8-18(9-5-16)28-14-24-13-26-28)27(2)21(30)20-12-25-22(31-3)29(20)19-10-6-17(23)7-11-19/h4-15H,1-3H3. The maximum absolute atomic E-state index is 13.4. The van der Waals surface area contributed by atoms with Crippen LogP contribution in [0.2, 0.25) is 0 Å². The van der Waals surface area contributed by atoms with Crippen LogP contribution in [0.5, 0.6) is 0 Å². The summed E-state index contributed by atoms with van der Waals surface area (Å²) in [7, 11) is 1.76. The molecule has 0 aliphatic carbocycles. The molecule has 1 amide bonds. The smallest absolute Gasteiger partial charge is 0.272 e. The van der Waals surface area contributed by atoms with Crippen LogP contribution >= 0.6 is 11.8 Å². The molecule has 4 aromatic rings. The number of nitrogens with zero attached hydrogens (tertiary/aromatic N) is 6. The van der Waals surface area contributed by atoms with Gasteiger partial charge in [0.05, 0.1) is 17.9 Å². The molecule has 2 heterocycles. The van der Waals surface area contributed by atoms with Gasteiger partial charge >= 0.3 is 0 Å². The Kier molecular flexibility index (Phi) is 5.85. The number of rotatable bonds is 6. The van der Waals surface area contributed by atoms with Crippen molar-refractivity contribution in [3.63, 3.8) is 0 Å². The largest absolute Gasteiger partial charge is 0.334 e. The van der Waals surface area contributed by atoms with E-state index in [1.54, 1.807) is 45.9 Å².